The highest BCUT2D eigenvalue weighted by Gasteiger charge is 2.37. The lowest BCUT2D eigenvalue weighted by Crippen LogP contribution is -2.46. The molecule has 2 fully saturated rings. The molecule has 2 aliphatic rings. The van der Waals surface area contributed by atoms with Crippen molar-refractivity contribution in [2.24, 2.45) is 0 Å². The van der Waals surface area contributed by atoms with Crippen LogP contribution in [0.25, 0.3) is 17.4 Å². The normalized spacial score (nSPS) is 17.5. The smallest absolute Gasteiger partial charge is 0.335 e. The number of imide groups is 1. The first-order valence-electron chi connectivity index (χ1n) is 10.1. The van der Waals surface area contributed by atoms with Crippen LogP contribution in [0.4, 0.5) is 4.79 Å². The van der Waals surface area contributed by atoms with Crippen molar-refractivity contribution in [3.63, 3.8) is 0 Å². The number of amides is 3. The average Bonchev–Trinajstić information content (AvgIpc) is 3.39. The van der Waals surface area contributed by atoms with Gasteiger partial charge in [0.2, 0.25) is 5.91 Å². The van der Waals surface area contributed by atoms with Crippen LogP contribution >= 0.6 is 11.8 Å². The lowest BCUT2D eigenvalue weighted by molar-refractivity contribution is -0.139. The van der Waals surface area contributed by atoms with Crippen LogP contribution < -0.4 is 0 Å². The van der Waals surface area contributed by atoms with Gasteiger partial charge in [0.25, 0.3) is 11.1 Å². The molecule has 0 saturated carbocycles. The number of furan rings is 1. The van der Waals surface area contributed by atoms with Crippen LogP contribution in [-0.4, -0.2) is 81.9 Å². The Kier molecular flexibility index (Phi) is 6.52. The summed E-state index contributed by atoms with van der Waals surface area (Å²) in [5.74, 6) is -3.20. The zero-order valence-corrected chi connectivity index (χ0v) is 18.4. The summed E-state index contributed by atoms with van der Waals surface area (Å²) in [7, 11) is 0. The quantitative estimate of drug-likeness (QED) is 0.581. The molecule has 2 aromatic rings. The van der Waals surface area contributed by atoms with E-state index in [1.807, 2.05) is 0 Å². The number of benzene rings is 1. The Hall–Kier alpha value is -3.90. The van der Waals surface area contributed by atoms with Crippen molar-refractivity contribution in [1.82, 2.24) is 9.80 Å². The highest BCUT2D eigenvalue weighted by atomic mass is 32.2. The number of carboxylic acid groups (broad SMARTS) is 2. The van der Waals surface area contributed by atoms with E-state index in [0.29, 0.717) is 38.1 Å². The van der Waals surface area contributed by atoms with Crippen LogP contribution in [0.15, 0.2) is 39.7 Å². The molecule has 0 atom stereocenters. The minimum atomic E-state index is -1.29. The van der Waals surface area contributed by atoms with Gasteiger partial charge in [0.1, 0.15) is 18.1 Å². The molecule has 2 aliphatic heterocycles. The second-order valence-corrected chi connectivity index (χ2v) is 8.37. The van der Waals surface area contributed by atoms with Gasteiger partial charge in [-0.25, -0.2) is 9.59 Å². The average molecular weight is 486 g/mol. The molecule has 2 N–H and O–H groups in total. The van der Waals surface area contributed by atoms with E-state index in [2.05, 4.69) is 0 Å². The minimum Gasteiger partial charge on any atom is -0.478 e. The van der Waals surface area contributed by atoms with Gasteiger partial charge in [0, 0.05) is 24.7 Å². The van der Waals surface area contributed by atoms with Crippen LogP contribution in [0, 0.1) is 0 Å². The predicted octanol–water partition coefficient (Wildman–Crippen LogP) is 2.24. The number of morpholine rings is 1. The molecule has 1 aromatic carbocycles. The largest absolute Gasteiger partial charge is 0.478 e. The Morgan fingerprint density at radius 3 is 2.26 bits per heavy atom. The molecule has 3 heterocycles. The second-order valence-electron chi connectivity index (χ2n) is 7.37. The maximum atomic E-state index is 12.7. The summed E-state index contributed by atoms with van der Waals surface area (Å²) >= 11 is 0.671. The van der Waals surface area contributed by atoms with Crippen molar-refractivity contribution < 1.29 is 43.3 Å². The molecule has 0 radical (unpaired) electrons. The molecule has 0 unspecified atom stereocenters. The van der Waals surface area contributed by atoms with Crippen molar-refractivity contribution in [3.8, 4) is 11.3 Å². The van der Waals surface area contributed by atoms with Crippen molar-refractivity contribution >= 4 is 46.8 Å². The zero-order chi connectivity index (χ0) is 24.4. The van der Waals surface area contributed by atoms with E-state index in [0.717, 1.165) is 11.0 Å². The number of carbonyl (C=O) groups is 5. The van der Waals surface area contributed by atoms with E-state index < -0.39 is 23.1 Å². The fraction of sp³-hybridized carbons (Fsp3) is 0.227. The first kappa shape index (κ1) is 23.3. The summed E-state index contributed by atoms with van der Waals surface area (Å²) in [6.45, 7) is 1.22. The fourth-order valence-electron chi connectivity index (χ4n) is 3.42. The highest BCUT2D eigenvalue weighted by Crippen LogP contribution is 2.33. The number of hydrogen-bond acceptors (Lipinski definition) is 8. The number of hydrogen-bond donors (Lipinski definition) is 2. The number of carbonyl (C=O) groups excluding carboxylic acids is 3. The SMILES string of the molecule is O=C(O)c1cc(C(=O)O)cc(-c2ccc(/C=C3\SC(=O)N(CC(=O)N4CCOCC4)C3=O)o2)c1. The predicted molar refractivity (Wildman–Crippen MR) is 118 cm³/mol. The molecule has 0 aliphatic carbocycles. The summed E-state index contributed by atoms with van der Waals surface area (Å²) in [6.07, 6.45) is 1.34. The first-order chi connectivity index (χ1) is 16.2. The van der Waals surface area contributed by atoms with E-state index in [1.165, 1.54) is 35.2 Å². The topological polar surface area (TPSA) is 155 Å². The van der Waals surface area contributed by atoms with Gasteiger partial charge in [-0.1, -0.05) is 0 Å². The van der Waals surface area contributed by atoms with Gasteiger partial charge in [-0.2, -0.15) is 0 Å². The molecule has 1 aromatic heterocycles. The van der Waals surface area contributed by atoms with Crippen LogP contribution in [0.3, 0.4) is 0 Å². The van der Waals surface area contributed by atoms with Gasteiger partial charge in [0.05, 0.1) is 29.2 Å². The molecule has 34 heavy (non-hydrogen) atoms. The third kappa shape index (κ3) is 4.87. The van der Waals surface area contributed by atoms with Crippen LogP contribution in [0.1, 0.15) is 26.5 Å². The standard InChI is InChI=1S/C22H18N2O9S/c25-18(23-3-5-32-6-4-23)11-24-19(26)17(34-22(24)31)10-15-1-2-16(33-15)12-7-13(20(27)28)9-14(8-12)21(29)30/h1-2,7-10H,3-6,11H2,(H,27,28)(H,29,30)/b17-10-. The van der Waals surface area contributed by atoms with Gasteiger partial charge in [-0.05, 0) is 42.1 Å². The van der Waals surface area contributed by atoms with E-state index in [9.17, 15) is 34.2 Å². The van der Waals surface area contributed by atoms with Crippen molar-refractivity contribution in [2.75, 3.05) is 32.8 Å². The number of thioether (sulfide) groups is 1. The molecule has 2 saturated heterocycles. The number of ether oxygens (including phenoxy) is 1. The summed E-state index contributed by atoms with van der Waals surface area (Å²) < 4.78 is 10.8. The van der Waals surface area contributed by atoms with Gasteiger partial charge >= 0.3 is 11.9 Å². The van der Waals surface area contributed by atoms with E-state index in [1.54, 1.807) is 0 Å². The summed E-state index contributed by atoms with van der Waals surface area (Å²) in [5, 5.41) is 17.9. The maximum absolute atomic E-state index is 12.7. The fourth-order valence-corrected chi connectivity index (χ4v) is 4.23. The molecule has 176 valence electrons. The Morgan fingerprint density at radius 2 is 1.65 bits per heavy atom. The lowest BCUT2D eigenvalue weighted by Gasteiger charge is -2.27. The monoisotopic (exact) mass is 486 g/mol. The van der Waals surface area contributed by atoms with Gasteiger partial charge in [-0.15, -0.1) is 0 Å². The molecule has 12 heteroatoms. The van der Waals surface area contributed by atoms with Crippen LogP contribution in [0.2, 0.25) is 0 Å². The zero-order valence-electron chi connectivity index (χ0n) is 17.6. The number of aromatic carboxylic acids is 2. The molecule has 3 amide bonds. The highest BCUT2D eigenvalue weighted by molar-refractivity contribution is 8.18. The lowest BCUT2D eigenvalue weighted by atomic mass is 10.0. The molecule has 0 spiro atoms. The van der Waals surface area contributed by atoms with Gasteiger partial charge in [-0.3, -0.25) is 19.3 Å². The Morgan fingerprint density at radius 1 is 1.00 bits per heavy atom. The third-order valence-electron chi connectivity index (χ3n) is 5.14. The van der Waals surface area contributed by atoms with Gasteiger partial charge in [0.15, 0.2) is 0 Å². The molecule has 11 nitrogen and oxygen atoms in total. The molecule has 4 rings (SSSR count). The Labute approximate surface area is 196 Å². The van der Waals surface area contributed by atoms with Crippen LogP contribution in [0.5, 0.6) is 0 Å². The van der Waals surface area contributed by atoms with Crippen molar-refractivity contribution in [2.45, 2.75) is 0 Å². The molecular formula is C22H18N2O9S. The minimum absolute atomic E-state index is 0.0613. The molecule has 0 bridgehead atoms. The third-order valence-corrected chi connectivity index (χ3v) is 6.05. The second kappa shape index (κ2) is 9.53. The van der Waals surface area contributed by atoms with Gasteiger partial charge < -0.3 is 24.3 Å². The summed E-state index contributed by atoms with van der Waals surface area (Å²) in [5.41, 5.74) is -0.223. The van der Waals surface area contributed by atoms with E-state index in [-0.39, 0.29) is 45.6 Å². The first-order valence-corrected chi connectivity index (χ1v) is 10.9. The maximum Gasteiger partial charge on any atom is 0.335 e. The van der Waals surface area contributed by atoms with Crippen molar-refractivity contribution in [3.05, 3.63) is 52.1 Å². The number of rotatable bonds is 6. The van der Waals surface area contributed by atoms with E-state index >= 15 is 0 Å². The summed E-state index contributed by atoms with van der Waals surface area (Å²) in [4.78, 5) is 62.6. The number of nitrogens with zero attached hydrogens (tertiary/aromatic N) is 2. The number of carboxylic acids is 2. The van der Waals surface area contributed by atoms with Crippen LogP contribution in [-0.2, 0) is 14.3 Å². The van der Waals surface area contributed by atoms with Crippen molar-refractivity contribution in [1.29, 1.82) is 0 Å². The van der Waals surface area contributed by atoms with E-state index in [4.69, 9.17) is 9.15 Å². The molecular weight excluding hydrogens is 468 g/mol. The Balaban J connectivity index is 1.53. The summed E-state index contributed by atoms with van der Waals surface area (Å²) in [6, 6.07) is 6.55. The Bertz CT molecular complexity index is 1190.